The zero-order chi connectivity index (χ0) is 23.2. The molecule has 1 amide bonds. The van der Waals surface area contributed by atoms with Crippen molar-refractivity contribution < 1.29 is 33.3 Å². The van der Waals surface area contributed by atoms with Crippen LogP contribution in [-0.2, 0) is 9.59 Å². The number of hydrogen-bond acceptors (Lipinski definition) is 6. The van der Waals surface area contributed by atoms with Gasteiger partial charge in [0.1, 0.15) is 40.6 Å². The standard InChI is InChI=1S/C24H20FNO6/c1-12-4-7-17(27)16(10-12)26-21(19-8-5-13(2)32-19)20(23(29)24(26)30)22(28)15-11-14(25)6-9-18(15)31-3/h4-11,21,27-28H,1-3H3/b22-20-. The number of ether oxygens (including phenoxy) is 1. The van der Waals surface area contributed by atoms with Gasteiger partial charge in [-0.05, 0) is 61.9 Å². The predicted octanol–water partition coefficient (Wildman–Crippen LogP) is 4.38. The Morgan fingerprint density at radius 1 is 1.09 bits per heavy atom. The number of rotatable bonds is 4. The molecule has 1 aromatic heterocycles. The summed E-state index contributed by atoms with van der Waals surface area (Å²) in [5, 5.41) is 21.5. The first-order chi connectivity index (χ1) is 15.2. The van der Waals surface area contributed by atoms with Crippen molar-refractivity contribution in [2.24, 2.45) is 0 Å². The molecule has 0 aliphatic carbocycles. The molecule has 0 radical (unpaired) electrons. The van der Waals surface area contributed by atoms with Crippen molar-refractivity contribution in [3.05, 3.63) is 82.6 Å². The molecular formula is C24H20FNO6. The molecule has 2 N–H and O–H groups in total. The zero-order valence-corrected chi connectivity index (χ0v) is 17.5. The van der Waals surface area contributed by atoms with Crippen LogP contribution >= 0.6 is 0 Å². The molecule has 8 heteroatoms. The van der Waals surface area contributed by atoms with Crippen molar-refractivity contribution in [1.29, 1.82) is 0 Å². The van der Waals surface area contributed by atoms with E-state index < -0.39 is 29.3 Å². The second-order valence-corrected chi connectivity index (χ2v) is 7.45. The summed E-state index contributed by atoms with van der Waals surface area (Å²) >= 11 is 0. The van der Waals surface area contributed by atoms with E-state index >= 15 is 0 Å². The van der Waals surface area contributed by atoms with Gasteiger partial charge in [-0.1, -0.05) is 6.07 Å². The molecule has 1 atom stereocenters. The third-order valence-corrected chi connectivity index (χ3v) is 5.28. The van der Waals surface area contributed by atoms with Crippen LogP contribution in [0.5, 0.6) is 11.5 Å². The first kappa shape index (κ1) is 21.2. The number of hydrogen-bond donors (Lipinski definition) is 2. The largest absolute Gasteiger partial charge is 0.507 e. The molecule has 2 heterocycles. The fourth-order valence-corrected chi connectivity index (χ4v) is 3.79. The maximum absolute atomic E-state index is 14.0. The Labute approximate surface area is 183 Å². The Bertz CT molecular complexity index is 1280. The highest BCUT2D eigenvalue weighted by molar-refractivity contribution is 6.51. The lowest BCUT2D eigenvalue weighted by Crippen LogP contribution is -2.29. The average Bonchev–Trinajstić information content (AvgIpc) is 3.30. The van der Waals surface area contributed by atoms with E-state index in [2.05, 4.69) is 0 Å². The molecule has 1 aliphatic rings. The quantitative estimate of drug-likeness (QED) is 0.357. The summed E-state index contributed by atoms with van der Waals surface area (Å²) in [5.41, 5.74) is 0.415. The van der Waals surface area contributed by atoms with E-state index in [-0.39, 0.29) is 34.1 Å². The predicted molar refractivity (Wildman–Crippen MR) is 114 cm³/mol. The number of methoxy groups -OCH3 is 1. The molecule has 1 unspecified atom stereocenters. The van der Waals surface area contributed by atoms with Gasteiger partial charge >= 0.3 is 0 Å². The summed E-state index contributed by atoms with van der Waals surface area (Å²) in [6, 6.07) is 10.1. The monoisotopic (exact) mass is 437 g/mol. The van der Waals surface area contributed by atoms with Crippen molar-refractivity contribution in [3.8, 4) is 11.5 Å². The molecule has 1 fully saturated rings. The van der Waals surface area contributed by atoms with Crippen LogP contribution in [0.15, 0.2) is 58.5 Å². The first-order valence-electron chi connectivity index (χ1n) is 9.73. The van der Waals surface area contributed by atoms with E-state index in [1.165, 1.54) is 19.2 Å². The lowest BCUT2D eigenvalue weighted by molar-refractivity contribution is -0.132. The van der Waals surface area contributed by atoms with Crippen LogP contribution in [0.3, 0.4) is 0 Å². The van der Waals surface area contributed by atoms with E-state index in [1.54, 1.807) is 38.1 Å². The third kappa shape index (κ3) is 3.39. The number of halogens is 1. The molecule has 1 saturated heterocycles. The number of Topliss-reactive ketones (excluding diaryl/α,β-unsaturated/α-hetero) is 1. The Balaban J connectivity index is 2.01. The van der Waals surface area contributed by atoms with Gasteiger partial charge in [0.05, 0.1) is 23.9 Å². The van der Waals surface area contributed by atoms with Gasteiger partial charge in [-0.2, -0.15) is 0 Å². The molecule has 7 nitrogen and oxygen atoms in total. The maximum Gasteiger partial charge on any atom is 0.300 e. The Morgan fingerprint density at radius 2 is 1.84 bits per heavy atom. The zero-order valence-electron chi connectivity index (χ0n) is 17.5. The summed E-state index contributed by atoms with van der Waals surface area (Å²) < 4.78 is 24.9. The van der Waals surface area contributed by atoms with Crippen LogP contribution < -0.4 is 9.64 Å². The summed E-state index contributed by atoms with van der Waals surface area (Å²) in [7, 11) is 1.33. The molecule has 0 saturated carbocycles. The van der Waals surface area contributed by atoms with Gasteiger partial charge in [0.2, 0.25) is 0 Å². The Morgan fingerprint density at radius 3 is 2.50 bits per heavy atom. The smallest absolute Gasteiger partial charge is 0.300 e. The van der Waals surface area contributed by atoms with Gasteiger partial charge in [-0.25, -0.2) is 4.39 Å². The number of phenols is 1. The van der Waals surface area contributed by atoms with Crippen molar-refractivity contribution in [2.45, 2.75) is 19.9 Å². The number of carbonyl (C=O) groups excluding carboxylic acids is 2. The highest BCUT2D eigenvalue weighted by Gasteiger charge is 2.49. The Kier molecular flexibility index (Phi) is 5.22. The molecule has 0 spiro atoms. The SMILES string of the molecule is COc1ccc(F)cc1/C(O)=C1/C(=O)C(=O)N(c2cc(C)ccc2O)C1c1ccc(C)o1. The van der Waals surface area contributed by atoms with Gasteiger partial charge in [-0.15, -0.1) is 0 Å². The van der Waals surface area contributed by atoms with Crippen LogP contribution in [0.4, 0.5) is 10.1 Å². The van der Waals surface area contributed by atoms with E-state index in [1.807, 2.05) is 0 Å². The molecular weight excluding hydrogens is 417 g/mol. The van der Waals surface area contributed by atoms with E-state index in [0.29, 0.717) is 5.76 Å². The number of nitrogens with zero attached hydrogens (tertiary/aromatic N) is 1. The highest BCUT2D eigenvalue weighted by Crippen LogP contribution is 2.46. The van der Waals surface area contributed by atoms with E-state index in [0.717, 1.165) is 22.6 Å². The Hall–Kier alpha value is -4.07. The summed E-state index contributed by atoms with van der Waals surface area (Å²) in [6.07, 6.45) is 0. The van der Waals surface area contributed by atoms with Crippen LogP contribution in [0, 0.1) is 19.7 Å². The third-order valence-electron chi connectivity index (χ3n) is 5.28. The number of furan rings is 1. The van der Waals surface area contributed by atoms with E-state index in [4.69, 9.17) is 9.15 Å². The number of anilines is 1. The number of phenolic OH excluding ortho intramolecular Hbond substituents is 1. The summed E-state index contributed by atoms with van der Waals surface area (Å²) in [4.78, 5) is 27.3. The number of aryl methyl sites for hydroxylation is 2. The van der Waals surface area contributed by atoms with Gasteiger partial charge in [0.15, 0.2) is 0 Å². The van der Waals surface area contributed by atoms with Gasteiger partial charge < -0.3 is 19.4 Å². The number of amides is 1. The minimum Gasteiger partial charge on any atom is -0.507 e. The van der Waals surface area contributed by atoms with Crippen molar-refractivity contribution in [3.63, 3.8) is 0 Å². The summed E-state index contributed by atoms with van der Waals surface area (Å²) in [5.74, 6) is -2.66. The lowest BCUT2D eigenvalue weighted by atomic mass is 9.98. The van der Waals surface area contributed by atoms with Crippen LogP contribution in [0.25, 0.3) is 5.76 Å². The highest BCUT2D eigenvalue weighted by atomic mass is 19.1. The first-order valence-corrected chi connectivity index (χ1v) is 9.73. The second kappa shape index (κ2) is 7.88. The fourth-order valence-electron chi connectivity index (χ4n) is 3.79. The topological polar surface area (TPSA) is 100 Å². The second-order valence-electron chi connectivity index (χ2n) is 7.45. The molecule has 0 bridgehead atoms. The number of carbonyl (C=O) groups is 2. The van der Waals surface area contributed by atoms with Crippen LogP contribution in [-0.4, -0.2) is 29.0 Å². The number of benzene rings is 2. The van der Waals surface area contributed by atoms with Crippen molar-refractivity contribution in [1.82, 2.24) is 0 Å². The number of aliphatic hydroxyl groups excluding tert-OH is 1. The molecule has 3 aromatic rings. The summed E-state index contributed by atoms with van der Waals surface area (Å²) in [6.45, 7) is 3.46. The van der Waals surface area contributed by atoms with Gasteiger partial charge in [0.25, 0.3) is 11.7 Å². The van der Waals surface area contributed by atoms with Gasteiger partial charge in [-0.3, -0.25) is 14.5 Å². The number of aliphatic hydroxyl groups is 1. The van der Waals surface area contributed by atoms with Crippen molar-refractivity contribution >= 4 is 23.1 Å². The lowest BCUT2D eigenvalue weighted by Gasteiger charge is -2.24. The minimum atomic E-state index is -1.19. The molecule has 32 heavy (non-hydrogen) atoms. The molecule has 4 rings (SSSR count). The number of aromatic hydroxyl groups is 1. The maximum atomic E-state index is 14.0. The normalized spacial score (nSPS) is 17.8. The minimum absolute atomic E-state index is 0.0800. The molecule has 1 aliphatic heterocycles. The molecule has 164 valence electrons. The number of ketones is 1. The van der Waals surface area contributed by atoms with Crippen molar-refractivity contribution in [2.75, 3.05) is 12.0 Å². The molecule has 2 aromatic carbocycles. The van der Waals surface area contributed by atoms with Crippen LogP contribution in [0.2, 0.25) is 0 Å². The van der Waals surface area contributed by atoms with Gasteiger partial charge in [0, 0.05) is 0 Å². The van der Waals surface area contributed by atoms with E-state index in [9.17, 15) is 24.2 Å². The average molecular weight is 437 g/mol. The fraction of sp³-hybridized carbons (Fsp3) is 0.167. The van der Waals surface area contributed by atoms with Crippen LogP contribution in [0.1, 0.15) is 28.7 Å².